The molecule has 0 atom stereocenters. The number of hydrogen-bond donors (Lipinski definition) is 0. The second kappa shape index (κ2) is 7.73. The molecule has 0 heterocycles. The van der Waals surface area contributed by atoms with Crippen molar-refractivity contribution in [3.63, 3.8) is 0 Å². The minimum Gasteiger partial charge on any atom is -0.374 e. The van der Waals surface area contributed by atoms with E-state index in [9.17, 15) is 4.79 Å². The van der Waals surface area contributed by atoms with Crippen LogP contribution in [0.2, 0.25) is 0 Å². The number of Topliss-reactive ketones (excluding diaryl/α,β-unsaturated/α-hetero) is 1. The molecule has 0 aromatic heterocycles. The second-order valence-electron chi connectivity index (χ2n) is 2.69. The second-order valence-corrected chi connectivity index (χ2v) is 2.69. The number of rotatable bonds is 7. The summed E-state index contributed by atoms with van der Waals surface area (Å²) in [7, 11) is 0. The van der Waals surface area contributed by atoms with Gasteiger partial charge in [0.05, 0.1) is 0 Å². The van der Waals surface area contributed by atoms with Crippen molar-refractivity contribution in [1.29, 1.82) is 0 Å². The van der Waals surface area contributed by atoms with Crippen molar-refractivity contribution >= 4 is 5.78 Å². The van der Waals surface area contributed by atoms with Crippen molar-refractivity contribution in [3.8, 4) is 0 Å². The average Bonchev–Trinajstić information content (AvgIpc) is 1.99. The van der Waals surface area contributed by atoms with Crippen LogP contribution in [-0.4, -0.2) is 19.0 Å². The maximum atomic E-state index is 10.9. The third-order valence-corrected chi connectivity index (χ3v) is 1.43. The Morgan fingerprint density at radius 3 is 2.55 bits per heavy atom. The van der Waals surface area contributed by atoms with E-state index < -0.39 is 0 Å². The van der Waals surface area contributed by atoms with Crippen molar-refractivity contribution in [2.45, 2.75) is 39.5 Å². The Kier molecular flexibility index (Phi) is 7.47. The van der Waals surface area contributed by atoms with Crippen LogP contribution in [0.1, 0.15) is 39.5 Å². The molecule has 0 rings (SSSR count). The van der Waals surface area contributed by atoms with Gasteiger partial charge in [0, 0.05) is 13.0 Å². The third kappa shape index (κ3) is 7.53. The molecule has 0 amide bonds. The molecule has 2 nitrogen and oxygen atoms in total. The summed E-state index contributed by atoms with van der Waals surface area (Å²) in [5.74, 6) is 0.226. The minimum atomic E-state index is 0.226. The van der Waals surface area contributed by atoms with Crippen molar-refractivity contribution in [2.75, 3.05) is 13.2 Å². The summed E-state index contributed by atoms with van der Waals surface area (Å²) in [4.78, 5) is 10.9. The standard InChI is InChI=1S/C9H18O2/c1-3-5-7-11-8-9(10)6-4-2/h3-8H2,1-2H3. The largest absolute Gasteiger partial charge is 0.374 e. The van der Waals surface area contributed by atoms with Gasteiger partial charge < -0.3 is 4.74 Å². The van der Waals surface area contributed by atoms with E-state index in [2.05, 4.69) is 6.92 Å². The molecule has 0 saturated heterocycles. The summed E-state index contributed by atoms with van der Waals surface area (Å²) in [6, 6.07) is 0. The van der Waals surface area contributed by atoms with Gasteiger partial charge >= 0.3 is 0 Å². The van der Waals surface area contributed by atoms with Gasteiger partial charge in [0.1, 0.15) is 6.61 Å². The van der Waals surface area contributed by atoms with Crippen LogP contribution in [0, 0.1) is 0 Å². The molecular weight excluding hydrogens is 140 g/mol. The third-order valence-electron chi connectivity index (χ3n) is 1.43. The number of unbranched alkanes of at least 4 members (excludes halogenated alkanes) is 1. The summed E-state index contributed by atoms with van der Waals surface area (Å²) in [5, 5.41) is 0. The van der Waals surface area contributed by atoms with Crippen LogP contribution >= 0.6 is 0 Å². The van der Waals surface area contributed by atoms with Crippen LogP contribution in [-0.2, 0) is 9.53 Å². The lowest BCUT2D eigenvalue weighted by molar-refractivity contribution is -0.123. The van der Waals surface area contributed by atoms with Gasteiger partial charge in [-0.1, -0.05) is 20.3 Å². The van der Waals surface area contributed by atoms with Crippen molar-refractivity contribution in [3.05, 3.63) is 0 Å². The predicted molar refractivity (Wildman–Crippen MR) is 45.6 cm³/mol. The topological polar surface area (TPSA) is 26.3 Å². The van der Waals surface area contributed by atoms with Crippen LogP contribution in [0.4, 0.5) is 0 Å². The van der Waals surface area contributed by atoms with Gasteiger partial charge in [0.25, 0.3) is 0 Å². The highest BCUT2D eigenvalue weighted by Crippen LogP contribution is 1.92. The van der Waals surface area contributed by atoms with Gasteiger partial charge in [-0.15, -0.1) is 0 Å². The molecule has 2 heteroatoms. The molecule has 0 aromatic rings. The van der Waals surface area contributed by atoms with Crippen molar-refractivity contribution < 1.29 is 9.53 Å². The van der Waals surface area contributed by atoms with E-state index in [0.29, 0.717) is 13.0 Å². The Morgan fingerprint density at radius 1 is 1.27 bits per heavy atom. The van der Waals surface area contributed by atoms with E-state index in [1.807, 2.05) is 6.92 Å². The number of carbonyl (C=O) groups excluding carboxylic acids is 1. The molecule has 0 aliphatic carbocycles. The first kappa shape index (κ1) is 10.6. The van der Waals surface area contributed by atoms with Gasteiger partial charge in [0.2, 0.25) is 0 Å². The van der Waals surface area contributed by atoms with E-state index in [4.69, 9.17) is 4.74 Å². The smallest absolute Gasteiger partial charge is 0.158 e. The van der Waals surface area contributed by atoms with Crippen molar-refractivity contribution in [2.24, 2.45) is 0 Å². The first-order valence-corrected chi connectivity index (χ1v) is 4.40. The van der Waals surface area contributed by atoms with Gasteiger partial charge in [-0.2, -0.15) is 0 Å². The fourth-order valence-electron chi connectivity index (χ4n) is 0.783. The lowest BCUT2D eigenvalue weighted by Gasteiger charge is -2.00. The normalized spacial score (nSPS) is 10.0. The Morgan fingerprint density at radius 2 is 2.00 bits per heavy atom. The Balaban J connectivity index is 3.04. The molecule has 0 fully saturated rings. The first-order chi connectivity index (χ1) is 5.31. The SMILES string of the molecule is CCCCOCC(=O)CCC. The summed E-state index contributed by atoms with van der Waals surface area (Å²) >= 11 is 0. The van der Waals surface area contributed by atoms with Crippen molar-refractivity contribution in [1.82, 2.24) is 0 Å². The number of ether oxygens (including phenoxy) is 1. The van der Waals surface area contributed by atoms with Crippen LogP contribution < -0.4 is 0 Å². The van der Waals surface area contributed by atoms with E-state index in [-0.39, 0.29) is 5.78 Å². The predicted octanol–water partition coefficient (Wildman–Crippen LogP) is 2.17. The van der Waals surface area contributed by atoms with Crippen LogP contribution in [0.15, 0.2) is 0 Å². The monoisotopic (exact) mass is 158 g/mol. The molecule has 11 heavy (non-hydrogen) atoms. The molecule has 0 aliphatic heterocycles. The highest BCUT2D eigenvalue weighted by Gasteiger charge is 1.98. The van der Waals surface area contributed by atoms with Gasteiger partial charge in [-0.25, -0.2) is 0 Å². The Bertz CT molecular complexity index is 99.7. The fraction of sp³-hybridized carbons (Fsp3) is 0.889. The van der Waals surface area contributed by atoms with E-state index in [1.54, 1.807) is 0 Å². The Labute approximate surface area is 68.9 Å². The van der Waals surface area contributed by atoms with E-state index in [1.165, 1.54) is 0 Å². The van der Waals surface area contributed by atoms with Gasteiger partial charge in [0.15, 0.2) is 5.78 Å². The van der Waals surface area contributed by atoms with E-state index in [0.717, 1.165) is 25.9 Å². The number of hydrogen-bond acceptors (Lipinski definition) is 2. The molecule has 0 bridgehead atoms. The molecule has 0 aromatic carbocycles. The van der Waals surface area contributed by atoms with Crippen LogP contribution in [0.3, 0.4) is 0 Å². The molecule has 0 spiro atoms. The highest BCUT2D eigenvalue weighted by atomic mass is 16.5. The van der Waals surface area contributed by atoms with Gasteiger partial charge in [-0.05, 0) is 12.8 Å². The van der Waals surface area contributed by atoms with Crippen LogP contribution in [0.25, 0.3) is 0 Å². The highest BCUT2D eigenvalue weighted by molar-refractivity contribution is 5.79. The molecule has 0 aliphatic rings. The zero-order chi connectivity index (χ0) is 8.53. The van der Waals surface area contributed by atoms with Gasteiger partial charge in [-0.3, -0.25) is 4.79 Å². The maximum absolute atomic E-state index is 10.9. The summed E-state index contributed by atoms with van der Waals surface area (Å²) in [5.41, 5.74) is 0. The fourth-order valence-corrected chi connectivity index (χ4v) is 0.783. The first-order valence-electron chi connectivity index (χ1n) is 4.40. The number of ketones is 1. The summed E-state index contributed by atoms with van der Waals surface area (Å²) in [6.45, 7) is 5.15. The molecule has 0 radical (unpaired) electrons. The lowest BCUT2D eigenvalue weighted by atomic mass is 10.2. The minimum absolute atomic E-state index is 0.226. The summed E-state index contributed by atoms with van der Waals surface area (Å²) in [6.07, 6.45) is 3.77. The molecule has 0 unspecified atom stereocenters. The molecule has 0 saturated carbocycles. The van der Waals surface area contributed by atoms with E-state index >= 15 is 0 Å². The molecule has 0 N–H and O–H groups in total. The zero-order valence-corrected chi connectivity index (χ0v) is 7.56. The zero-order valence-electron chi connectivity index (χ0n) is 7.56. The molecule has 66 valence electrons. The van der Waals surface area contributed by atoms with Crippen LogP contribution in [0.5, 0.6) is 0 Å². The number of carbonyl (C=O) groups is 1. The lowest BCUT2D eigenvalue weighted by Crippen LogP contribution is -2.08. The maximum Gasteiger partial charge on any atom is 0.158 e. The Hall–Kier alpha value is -0.370. The average molecular weight is 158 g/mol. The summed E-state index contributed by atoms with van der Waals surface area (Å²) < 4.78 is 5.14. The molecular formula is C9H18O2. The quantitative estimate of drug-likeness (QED) is 0.531.